The van der Waals surface area contributed by atoms with Crippen molar-refractivity contribution >= 4 is 52.2 Å². The fourth-order valence-corrected chi connectivity index (χ4v) is 4.14. The first kappa shape index (κ1) is 21.6. The second-order valence-corrected chi connectivity index (χ2v) is 7.84. The molecule has 1 aliphatic rings. The molecule has 10 heteroatoms. The Labute approximate surface area is 181 Å². The number of aliphatic carboxylic acids is 2. The van der Waals surface area contributed by atoms with Gasteiger partial charge < -0.3 is 19.4 Å². The van der Waals surface area contributed by atoms with E-state index in [2.05, 4.69) is 0 Å². The molecular formula is C20H17NO7S2. The molecule has 0 saturated carbocycles. The van der Waals surface area contributed by atoms with Gasteiger partial charge in [-0.15, -0.1) is 0 Å². The largest absolute Gasteiger partial charge is 0.494 e. The third kappa shape index (κ3) is 4.71. The van der Waals surface area contributed by atoms with E-state index in [-0.39, 0.29) is 9.23 Å². The van der Waals surface area contributed by atoms with Crippen LogP contribution in [0.3, 0.4) is 0 Å². The molecular weight excluding hydrogens is 430 g/mol. The highest BCUT2D eigenvalue weighted by molar-refractivity contribution is 8.26. The number of amides is 1. The first-order chi connectivity index (χ1) is 14.3. The topological polar surface area (TPSA) is 117 Å². The van der Waals surface area contributed by atoms with E-state index in [1.165, 1.54) is 6.08 Å². The Morgan fingerprint density at radius 3 is 2.53 bits per heavy atom. The molecule has 1 atom stereocenters. The lowest BCUT2D eigenvalue weighted by atomic mass is 10.2. The fourth-order valence-electron chi connectivity index (χ4n) is 2.80. The summed E-state index contributed by atoms with van der Waals surface area (Å²) in [4.78, 5) is 36.0. The predicted octanol–water partition coefficient (Wildman–Crippen LogP) is 3.47. The van der Waals surface area contributed by atoms with E-state index in [0.717, 1.165) is 28.0 Å². The van der Waals surface area contributed by atoms with Gasteiger partial charge in [-0.1, -0.05) is 24.0 Å². The fraction of sp³-hybridized carbons (Fsp3) is 0.200. The highest BCUT2D eigenvalue weighted by atomic mass is 32.2. The predicted molar refractivity (Wildman–Crippen MR) is 114 cm³/mol. The first-order valence-electron chi connectivity index (χ1n) is 8.85. The van der Waals surface area contributed by atoms with Crippen LogP contribution in [0.2, 0.25) is 0 Å². The Kier molecular flexibility index (Phi) is 6.58. The van der Waals surface area contributed by atoms with Crippen LogP contribution in [0.15, 0.2) is 45.7 Å². The molecule has 1 saturated heterocycles. The molecule has 1 aromatic carbocycles. The average molecular weight is 447 g/mol. The minimum atomic E-state index is -1.57. The van der Waals surface area contributed by atoms with Crippen LogP contribution < -0.4 is 4.74 Å². The lowest BCUT2D eigenvalue weighted by molar-refractivity contribution is -0.150. The minimum absolute atomic E-state index is 0.0156. The van der Waals surface area contributed by atoms with Crippen molar-refractivity contribution in [1.29, 1.82) is 0 Å². The summed E-state index contributed by atoms with van der Waals surface area (Å²) in [6.45, 7) is 2.47. The molecule has 2 aromatic rings. The molecule has 0 spiro atoms. The number of thioether (sulfide) groups is 1. The number of carbonyl (C=O) groups excluding carboxylic acids is 1. The van der Waals surface area contributed by atoms with Crippen LogP contribution in [-0.2, 0) is 14.4 Å². The Bertz CT molecular complexity index is 1030. The Balaban J connectivity index is 1.81. The molecule has 0 bridgehead atoms. The molecule has 2 heterocycles. The molecule has 1 aliphatic heterocycles. The van der Waals surface area contributed by atoms with E-state index in [4.69, 9.17) is 26.5 Å². The second-order valence-electron chi connectivity index (χ2n) is 6.16. The molecule has 1 fully saturated rings. The SMILES string of the molecule is CCOc1ccc(-c2ccc(/C=C3\SC(=S)N(C(CC(=O)O)C(=O)O)C3=O)o2)cc1. The maximum atomic E-state index is 12.7. The summed E-state index contributed by atoms with van der Waals surface area (Å²) in [7, 11) is 0. The van der Waals surface area contributed by atoms with Gasteiger partial charge in [-0.2, -0.15) is 0 Å². The van der Waals surface area contributed by atoms with E-state index in [9.17, 15) is 19.5 Å². The van der Waals surface area contributed by atoms with E-state index in [1.54, 1.807) is 12.1 Å². The number of rotatable bonds is 8. The Hall–Kier alpha value is -3.11. The van der Waals surface area contributed by atoms with Gasteiger partial charge in [0.2, 0.25) is 0 Å². The first-order valence-corrected chi connectivity index (χ1v) is 10.1. The number of carboxylic acid groups (broad SMARTS) is 2. The van der Waals surface area contributed by atoms with E-state index >= 15 is 0 Å². The van der Waals surface area contributed by atoms with Crippen molar-refractivity contribution < 1.29 is 33.8 Å². The summed E-state index contributed by atoms with van der Waals surface area (Å²) in [5.41, 5.74) is 0.818. The quantitative estimate of drug-likeness (QED) is 0.463. The Morgan fingerprint density at radius 2 is 1.93 bits per heavy atom. The van der Waals surface area contributed by atoms with Gasteiger partial charge in [0.05, 0.1) is 17.9 Å². The zero-order valence-corrected chi connectivity index (χ0v) is 17.4. The molecule has 156 valence electrons. The third-order valence-electron chi connectivity index (χ3n) is 4.14. The van der Waals surface area contributed by atoms with E-state index in [0.29, 0.717) is 18.1 Å². The lowest BCUT2D eigenvalue weighted by Crippen LogP contribution is -2.45. The zero-order chi connectivity index (χ0) is 21.8. The molecule has 1 unspecified atom stereocenters. The number of benzene rings is 1. The summed E-state index contributed by atoms with van der Waals surface area (Å²) in [5, 5.41) is 18.2. The number of hydrogen-bond donors (Lipinski definition) is 2. The molecule has 1 aromatic heterocycles. The van der Waals surface area contributed by atoms with Crippen LogP contribution >= 0.6 is 24.0 Å². The molecule has 3 rings (SSSR count). The maximum absolute atomic E-state index is 12.7. The smallest absolute Gasteiger partial charge is 0.327 e. The lowest BCUT2D eigenvalue weighted by Gasteiger charge is -2.21. The van der Waals surface area contributed by atoms with Gasteiger partial charge in [0.15, 0.2) is 0 Å². The van der Waals surface area contributed by atoms with Gasteiger partial charge in [0, 0.05) is 11.6 Å². The number of carboxylic acids is 2. The van der Waals surface area contributed by atoms with Gasteiger partial charge in [-0.3, -0.25) is 14.5 Å². The average Bonchev–Trinajstić information content (AvgIpc) is 3.26. The van der Waals surface area contributed by atoms with E-state index < -0.39 is 30.3 Å². The van der Waals surface area contributed by atoms with Gasteiger partial charge in [0.1, 0.15) is 27.6 Å². The van der Waals surface area contributed by atoms with Crippen molar-refractivity contribution in [1.82, 2.24) is 4.90 Å². The molecule has 0 radical (unpaired) electrons. The van der Waals surface area contributed by atoms with Crippen molar-refractivity contribution in [2.75, 3.05) is 6.61 Å². The highest BCUT2D eigenvalue weighted by Gasteiger charge is 2.41. The minimum Gasteiger partial charge on any atom is -0.494 e. The summed E-state index contributed by atoms with van der Waals surface area (Å²) in [5.74, 6) is -1.75. The van der Waals surface area contributed by atoms with Crippen LogP contribution in [0, 0.1) is 0 Å². The van der Waals surface area contributed by atoms with Gasteiger partial charge in [-0.05, 0) is 43.3 Å². The van der Waals surface area contributed by atoms with Crippen molar-refractivity contribution in [3.63, 3.8) is 0 Å². The molecule has 8 nitrogen and oxygen atoms in total. The Morgan fingerprint density at radius 1 is 1.23 bits per heavy atom. The number of ether oxygens (including phenoxy) is 1. The van der Waals surface area contributed by atoms with Crippen molar-refractivity contribution in [2.45, 2.75) is 19.4 Å². The monoisotopic (exact) mass is 447 g/mol. The summed E-state index contributed by atoms with van der Waals surface area (Å²) >= 11 is 6.00. The van der Waals surface area contributed by atoms with E-state index in [1.807, 2.05) is 31.2 Å². The number of hydrogen-bond acceptors (Lipinski definition) is 7. The summed E-state index contributed by atoms with van der Waals surface area (Å²) < 4.78 is 11.2. The molecule has 0 aliphatic carbocycles. The van der Waals surface area contributed by atoms with Crippen LogP contribution in [0.4, 0.5) is 0 Å². The van der Waals surface area contributed by atoms with Crippen LogP contribution in [0.5, 0.6) is 5.75 Å². The van der Waals surface area contributed by atoms with Crippen molar-refractivity contribution in [2.24, 2.45) is 0 Å². The standard InChI is InChI=1S/C20H17NO7S2/c1-2-27-12-5-3-11(4-6-12)15-8-7-13(28-15)9-16-18(24)21(20(29)30-16)14(19(25)26)10-17(22)23/h3-9,14H,2,10H2,1H3,(H,22,23)(H,25,26)/b16-9-. The normalized spacial score (nSPS) is 16.2. The van der Waals surface area contributed by atoms with Crippen LogP contribution in [0.1, 0.15) is 19.1 Å². The highest BCUT2D eigenvalue weighted by Crippen LogP contribution is 2.35. The maximum Gasteiger partial charge on any atom is 0.327 e. The van der Waals surface area contributed by atoms with Crippen molar-refractivity contribution in [3.8, 4) is 17.1 Å². The summed E-state index contributed by atoms with van der Waals surface area (Å²) in [6.07, 6.45) is 0.703. The molecule has 30 heavy (non-hydrogen) atoms. The molecule has 1 amide bonds. The number of thiocarbonyl (C=S) groups is 1. The molecule has 2 N–H and O–H groups in total. The number of nitrogens with zero attached hydrogens (tertiary/aromatic N) is 1. The van der Waals surface area contributed by atoms with Crippen LogP contribution in [0.25, 0.3) is 17.4 Å². The van der Waals surface area contributed by atoms with Gasteiger partial charge in [0.25, 0.3) is 5.91 Å². The van der Waals surface area contributed by atoms with Crippen molar-refractivity contribution in [3.05, 3.63) is 47.1 Å². The second kappa shape index (κ2) is 9.14. The zero-order valence-electron chi connectivity index (χ0n) is 15.7. The van der Waals surface area contributed by atoms with Gasteiger partial charge in [-0.25, -0.2) is 4.79 Å². The third-order valence-corrected chi connectivity index (χ3v) is 5.47. The van der Waals surface area contributed by atoms with Gasteiger partial charge >= 0.3 is 11.9 Å². The number of furan rings is 1. The summed E-state index contributed by atoms with van der Waals surface area (Å²) in [6, 6.07) is 9.17. The van der Waals surface area contributed by atoms with Crippen LogP contribution in [-0.4, -0.2) is 49.9 Å². The number of carbonyl (C=O) groups is 3.